The molecule has 0 bridgehead atoms. The number of ether oxygens (including phenoxy) is 1. The number of carbonyl (C=O) groups excluding carboxylic acids is 3. The van der Waals surface area contributed by atoms with Crippen molar-refractivity contribution in [3.05, 3.63) is 95.6 Å². The zero-order chi connectivity index (χ0) is 32.3. The molecule has 10 nitrogen and oxygen atoms in total. The lowest BCUT2D eigenvalue weighted by molar-refractivity contribution is -0.274. The molecule has 1 saturated heterocycles. The van der Waals surface area contributed by atoms with Crippen molar-refractivity contribution in [2.45, 2.75) is 39.0 Å². The number of hydrogen-bond acceptors (Lipinski definition) is 7. The van der Waals surface area contributed by atoms with Crippen LogP contribution in [-0.4, -0.2) is 49.6 Å². The monoisotopic (exact) mass is 636 g/mol. The second kappa shape index (κ2) is 12.9. The van der Waals surface area contributed by atoms with Gasteiger partial charge in [-0.05, 0) is 72.5 Å². The lowest BCUT2D eigenvalue weighted by atomic mass is 9.86. The Labute approximate surface area is 260 Å². The number of rotatable bonds is 7. The summed E-state index contributed by atoms with van der Waals surface area (Å²) in [4.78, 5) is 46.5. The zero-order valence-corrected chi connectivity index (χ0v) is 25.1. The van der Waals surface area contributed by atoms with E-state index < -0.39 is 30.0 Å². The second-order valence-corrected chi connectivity index (χ2v) is 11.4. The fourth-order valence-electron chi connectivity index (χ4n) is 4.69. The summed E-state index contributed by atoms with van der Waals surface area (Å²) in [7, 11) is 0. The zero-order valence-electron chi connectivity index (χ0n) is 24.3. The highest BCUT2D eigenvalue weighted by atomic mass is 32.2. The van der Waals surface area contributed by atoms with Crippen LogP contribution in [0.2, 0.25) is 0 Å². The largest absolute Gasteiger partial charge is 0.573 e. The molecule has 45 heavy (non-hydrogen) atoms. The summed E-state index contributed by atoms with van der Waals surface area (Å²) >= 11 is 1.26. The quantitative estimate of drug-likeness (QED) is 0.226. The van der Waals surface area contributed by atoms with Crippen molar-refractivity contribution < 1.29 is 32.3 Å². The molecular formula is C31H27F3N6O4S. The van der Waals surface area contributed by atoms with Gasteiger partial charge in [-0.2, -0.15) is 4.99 Å². The smallest absolute Gasteiger partial charge is 0.406 e. The lowest BCUT2D eigenvalue weighted by Crippen LogP contribution is -2.18. The fourth-order valence-corrected chi connectivity index (χ4v) is 5.72. The third-order valence-electron chi connectivity index (χ3n) is 6.74. The van der Waals surface area contributed by atoms with Crippen LogP contribution in [0.4, 0.5) is 29.3 Å². The van der Waals surface area contributed by atoms with Crippen LogP contribution in [0.3, 0.4) is 0 Å². The molecule has 3 amide bonds. The number of carbonyl (C=O) groups is 3. The van der Waals surface area contributed by atoms with Crippen molar-refractivity contribution in [3.8, 4) is 11.4 Å². The minimum atomic E-state index is -4.81. The van der Waals surface area contributed by atoms with Crippen molar-refractivity contribution in [1.29, 1.82) is 0 Å². The first kappa shape index (κ1) is 31.4. The molecule has 0 aliphatic carbocycles. The fraction of sp³-hybridized carbons (Fsp3) is 0.226. The van der Waals surface area contributed by atoms with Crippen LogP contribution in [0.15, 0.2) is 78.0 Å². The first-order chi connectivity index (χ1) is 21.4. The first-order valence-corrected chi connectivity index (χ1v) is 14.7. The standard InChI is InChI=1S/C31H27F3N6O4S/c1-17(2)23-13-4-18(3)14-24(23)26-25(41)15-45-29(26)38-30(43)37-20-7-5-19(6-8-20)36-28(42)27-35-16-40(39-27)21-9-11-22(12-10-21)44-31(32,33)34/h4-14,16-17,26H,15H2,1-3H3,(H,36,42)(H,37,43). The number of aromatic nitrogens is 3. The highest BCUT2D eigenvalue weighted by Gasteiger charge is 2.36. The van der Waals surface area contributed by atoms with Gasteiger partial charge in [0.15, 0.2) is 5.78 Å². The summed E-state index contributed by atoms with van der Waals surface area (Å²) in [6.07, 6.45) is -3.56. The molecule has 1 fully saturated rings. The van der Waals surface area contributed by atoms with Crippen LogP contribution in [0.25, 0.3) is 5.69 Å². The van der Waals surface area contributed by atoms with Crippen LogP contribution in [0.1, 0.15) is 53.0 Å². The Morgan fingerprint density at radius 3 is 2.33 bits per heavy atom. The molecule has 1 aromatic heterocycles. The average Bonchev–Trinajstić information content (AvgIpc) is 3.60. The molecule has 232 valence electrons. The van der Waals surface area contributed by atoms with Crippen molar-refractivity contribution in [3.63, 3.8) is 0 Å². The summed E-state index contributed by atoms with van der Waals surface area (Å²) in [5.41, 5.74) is 4.12. The van der Waals surface area contributed by atoms with E-state index in [9.17, 15) is 27.6 Å². The van der Waals surface area contributed by atoms with Gasteiger partial charge in [0.25, 0.3) is 5.91 Å². The van der Waals surface area contributed by atoms with E-state index in [1.54, 1.807) is 24.3 Å². The van der Waals surface area contributed by atoms with E-state index in [-0.39, 0.29) is 23.3 Å². The van der Waals surface area contributed by atoms with Crippen LogP contribution >= 0.6 is 11.8 Å². The van der Waals surface area contributed by atoms with Gasteiger partial charge in [-0.3, -0.25) is 9.59 Å². The molecule has 0 spiro atoms. The first-order valence-electron chi connectivity index (χ1n) is 13.7. The van der Waals surface area contributed by atoms with E-state index in [1.165, 1.54) is 34.9 Å². The molecule has 2 N–H and O–H groups in total. The Bertz CT molecular complexity index is 1770. The highest BCUT2D eigenvalue weighted by molar-refractivity contribution is 8.15. The number of nitrogens with one attached hydrogen (secondary N) is 2. The molecule has 1 aliphatic rings. The van der Waals surface area contributed by atoms with Gasteiger partial charge >= 0.3 is 12.4 Å². The topological polar surface area (TPSA) is 128 Å². The van der Waals surface area contributed by atoms with Gasteiger partial charge in [-0.15, -0.1) is 30.0 Å². The van der Waals surface area contributed by atoms with Crippen molar-refractivity contribution in [1.82, 2.24) is 14.8 Å². The molecule has 0 radical (unpaired) electrons. The number of anilines is 2. The number of hydrogen-bond donors (Lipinski definition) is 2. The Kier molecular flexibility index (Phi) is 9.04. The number of Topliss-reactive ketones (excluding diaryl/α,β-unsaturated/α-hetero) is 1. The van der Waals surface area contributed by atoms with Gasteiger partial charge in [0.1, 0.15) is 12.1 Å². The predicted molar refractivity (Wildman–Crippen MR) is 164 cm³/mol. The molecule has 5 rings (SSSR count). The van der Waals surface area contributed by atoms with Crippen molar-refractivity contribution in [2.24, 2.45) is 4.99 Å². The number of nitrogens with zero attached hydrogens (tertiary/aromatic N) is 4. The summed E-state index contributed by atoms with van der Waals surface area (Å²) in [5.74, 6) is -1.33. The number of urea groups is 1. The van der Waals surface area contributed by atoms with Gasteiger partial charge in [-0.1, -0.05) is 37.6 Å². The lowest BCUT2D eigenvalue weighted by Gasteiger charge is -2.18. The van der Waals surface area contributed by atoms with E-state index in [0.29, 0.717) is 22.1 Å². The molecule has 4 aromatic rings. The average molecular weight is 637 g/mol. The van der Waals surface area contributed by atoms with Crippen LogP contribution < -0.4 is 15.4 Å². The number of thioether (sulfide) groups is 1. The van der Waals surface area contributed by atoms with Gasteiger partial charge in [-0.25, -0.2) is 14.5 Å². The van der Waals surface area contributed by atoms with Crippen LogP contribution in [-0.2, 0) is 4.79 Å². The number of alkyl halides is 3. The molecule has 2 heterocycles. The van der Waals surface area contributed by atoms with Crippen molar-refractivity contribution >= 4 is 45.9 Å². The van der Waals surface area contributed by atoms with Crippen molar-refractivity contribution in [2.75, 3.05) is 16.4 Å². The number of benzene rings is 3. The van der Waals surface area contributed by atoms with Gasteiger partial charge in [0.05, 0.1) is 22.4 Å². The maximum Gasteiger partial charge on any atom is 0.573 e. The molecule has 0 saturated carbocycles. The van der Waals surface area contributed by atoms with Crippen LogP contribution in [0, 0.1) is 6.92 Å². The third-order valence-corrected chi connectivity index (χ3v) is 7.79. The molecule has 3 aromatic carbocycles. The third kappa shape index (κ3) is 7.76. The maximum atomic E-state index is 12.8. The molecule has 1 aliphatic heterocycles. The number of ketones is 1. The van der Waals surface area contributed by atoms with Gasteiger partial charge < -0.3 is 15.4 Å². The minimum absolute atomic E-state index is 0.00639. The van der Waals surface area contributed by atoms with E-state index >= 15 is 0 Å². The Morgan fingerprint density at radius 2 is 1.69 bits per heavy atom. The summed E-state index contributed by atoms with van der Waals surface area (Å²) < 4.78 is 42.2. The molecule has 1 unspecified atom stereocenters. The number of halogens is 3. The summed E-state index contributed by atoms with van der Waals surface area (Å²) in [6.45, 7) is 6.08. The van der Waals surface area contributed by atoms with Crippen LogP contribution in [0.5, 0.6) is 5.75 Å². The minimum Gasteiger partial charge on any atom is -0.406 e. The van der Waals surface area contributed by atoms with E-state index in [4.69, 9.17) is 0 Å². The molecule has 1 atom stereocenters. The predicted octanol–water partition coefficient (Wildman–Crippen LogP) is 6.88. The maximum absolute atomic E-state index is 12.8. The Balaban J connectivity index is 1.21. The van der Waals surface area contributed by atoms with E-state index in [1.807, 2.05) is 25.1 Å². The molecular weight excluding hydrogens is 609 g/mol. The van der Waals surface area contributed by atoms with Gasteiger partial charge in [0, 0.05) is 11.4 Å². The Morgan fingerprint density at radius 1 is 1.02 bits per heavy atom. The highest BCUT2D eigenvalue weighted by Crippen LogP contribution is 2.37. The summed E-state index contributed by atoms with van der Waals surface area (Å²) in [5, 5.41) is 9.86. The number of amides is 3. The SMILES string of the molecule is Cc1ccc(C(C)C)c(C2C(=O)CSC2=NC(=O)Nc2ccc(NC(=O)c3ncn(-c4ccc(OC(F)(F)F)cc4)n3)cc2)c1. The molecule has 14 heteroatoms. The number of aryl methyl sites for hydroxylation is 1. The van der Waals surface area contributed by atoms with Gasteiger partial charge in [0.2, 0.25) is 5.82 Å². The Hall–Kier alpha value is -4.98. The number of aliphatic imine (C=N–C) groups is 1. The second-order valence-electron chi connectivity index (χ2n) is 10.4. The van der Waals surface area contributed by atoms with E-state index in [2.05, 4.69) is 44.3 Å². The normalized spacial score (nSPS) is 15.8. The summed E-state index contributed by atoms with van der Waals surface area (Å²) in [6, 6.07) is 16.6. The van der Waals surface area contributed by atoms with E-state index in [0.717, 1.165) is 28.8 Å².